The summed E-state index contributed by atoms with van der Waals surface area (Å²) >= 11 is 0. The van der Waals surface area contributed by atoms with Crippen LogP contribution in [-0.2, 0) is 13.0 Å². The quantitative estimate of drug-likeness (QED) is 0.866. The summed E-state index contributed by atoms with van der Waals surface area (Å²) in [5, 5.41) is 8.87. The fourth-order valence-electron chi connectivity index (χ4n) is 2.05. The first-order chi connectivity index (χ1) is 8.26. The number of aromatic nitrogens is 2. The Bertz CT molecular complexity index is 507. The Morgan fingerprint density at radius 1 is 1.41 bits per heavy atom. The fraction of sp³-hybridized carbons (Fsp3) is 0.462. The first-order valence-electron chi connectivity index (χ1n) is 6.01. The van der Waals surface area contributed by atoms with Crippen molar-refractivity contribution in [1.82, 2.24) is 9.55 Å². The van der Waals surface area contributed by atoms with Gasteiger partial charge in [0.15, 0.2) is 0 Å². The maximum atomic E-state index is 13.1. The van der Waals surface area contributed by atoms with Crippen LogP contribution in [0.15, 0.2) is 18.2 Å². The molecule has 0 amide bonds. The van der Waals surface area contributed by atoms with Gasteiger partial charge in [-0.3, -0.25) is 0 Å². The van der Waals surface area contributed by atoms with E-state index in [1.807, 2.05) is 0 Å². The lowest BCUT2D eigenvalue weighted by Crippen LogP contribution is -2.04. The molecule has 0 spiro atoms. The second-order valence-corrected chi connectivity index (χ2v) is 4.14. The number of benzene rings is 1. The number of rotatable bonds is 5. The summed E-state index contributed by atoms with van der Waals surface area (Å²) in [6.07, 6.45) is 2.43. The highest BCUT2D eigenvalue weighted by atomic mass is 19.1. The Labute approximate surface area is 99.9 Å². The second-order valence-electron chi connectivity index (χ2n) is 4.14. The molecule has 17 heavy (non-hydrogen) atoms. The molecule has 0 saturated carbocycles. The smallest absolute Gasteiger partial charge is 0.125 e. The molecule has 0 atom stereocenters. The van der Waals surface area contributed by atoms with Gasteiger partial charge in [-0.15, -0.1) is 0 Å². The molecule has 92 valence electrons. The molecule has 0 aliphatic rings. The van der Waals surface area contributed by atoms with Gasteiger partial charge in [-0.1, -0.05) is 6.92 Å². The molecule has 3 nitrogen and oxygen atoms in total. The number of aliphatic hydroxyl groups is 1. The molecule has 0 radical (unpaired) electrons. The van der Waals surface area contributed by atoms with Gasteiger partial charge in [-0.25, -0.2) is 9.37 Å². The van der Waals surface area contributed by atoms with E-state index in [0.717, 1.165) is 30.7 Å². The zero-order valence-corrected chi connectivity index (χ0v) is 9.99. The number of imidazole rings is 1. The van der Waals surface area contributed by atoms with Crippen LogP contribution in [0.2, 0.25) is 0 Å². The minimum Gasteiger partial charge on any atom is -0.396 e. The molecule has 1 heterocycles. The van der Waals surface area contributed by atoms with Crippen LogP contribution >= 0.6 is 0 Å². The van der Waals surface area contributed by atoms with Gasteiger partial charge >= 0.3 is 0 Å². The van der Waals surface area contributed by atoms with Crippen LogP contribution < -0.4 is 0 Å². The molecule has 0 saturated heterocycles. The molecule has 2 aromatic rings. The first kappa shape index (κ1) is 12.0. The standard InChI is InChI=1S/C13H17FN2O/c1-2-7-16-12-6-5-10(14)9-11(12)15-13(16)4-3-8-17/h5-6,9,17H,2-4,7-8H2,1H3. The van der Waals surface area contributed by atoms with Crippen molar-refractivity contribution in [3.63, 3.8) is 0 Å². The lowest BCUT2D eigenvalue weighted by atomic mass is 10.3. The normalized spacial score (nSPS) is 11.2. The van der Waals surface area contributed by atoms with Gasteiger partial charge in [-0.2, -0.15) is 0 Å². The lowest BCUT2D eigenvalue weighted by Gasteiger charge is -2.06. The van der Waals surface area contributed by atoms with Crippen LogP contribution in [0.3, 0.4) is 0 Å². The first-order valence-corrected chi connectivity index (χ1v) is 6.01. The van der Waals surface area contributed by atoms with E-state index in [2.05, 4.69) is 16.5 Å². The molecular weight excluding hydrogens is 219 g/mol. The SMILES string of the molecule is CCCn1c(CCCO)nc2cc(F)ccc21. The van der Waals surface area contributed by atoms with Crippen LogP contribution in [0.1, 0.15) is 25.6 Å². The number of fused-ring (bicyclic) bond motifs is 1. The third kappa shape index (κ3) is 2.47. The van der Waals surface area contributed by atoms with Gasteiger partial charge in [0, 0.05) is 25.6 Å². The number of aryl methyl sites for hydroxylation is 2. The van der Waals surface area contributed by atoms with Crippen molar-refractivity contribution in [2.24, 2.45) is 0 Å². The van der Waals surface area contributed by atoms with E-state index in [9.17, 15) is 4.39 Å². The third-order valence-corrected chi connectivity index (χ3v) is 2.80. The highest BCUT2D eigenvalue weighted by Crippen LogP contribution is 2.19. The van der Waals surface area contributed by atoms with Crippen LogP contribution in [-0.4, -0.2) is 21.3 Å². The van der Waals surface area contributed by atoms with E-state index < -0.39 is 0 Å². The van der Waals surface area contributed by atoms with Crippen molar-refractivity contribution in [1.29, 1.82) is 0 Å². The molecule has 0 fully saturated rings. The highest BCUT2D eigenvalue weighted by molar-refractivity contribution is 5.76. The van der Waals surface area contributed by atoms with Gasteiger partial charge in [0.25, 0.3) is 0 Å². The molecule has 0 bridgehead atoms. The zero-order chi connectivity index (χ0) is 12.3. The lowest BCUT2D eigenvalue weighted by molar-refractivity contribution is 0.287. The van der Waals surface area contributed by atoms with Crippen molar-refractivity contribution < 1.29 is 9.50 Å². The van der Waals surface area contributed by atoms with E-state index in [4.69, 9.17) is 5.11 Å². The fourth-order valence-corrected chi connectivity index (χ4v) is 2.05. The van der Waals surface area contributed by atoms with E-state index in [1.165, 1.54) is 12.1 Å². The average molecular weight is 236 g/mol. The van der Waals surface area contributed by atoms with E-state index in [-0.39, 0.29) is 12.4 Å². The Morgan fingerprint density at radius 2 is 2.24 bits per heavy atom. The summed E-state index contributed by atoms with van der Waals surface area (Å²) in [4.78, 5) is 4.44. The van der Waals surface area contributed by atoms with Gasteiger partial charge in [-0.05, 0) is 25.0 Å². The predicted octanol–water partition coefficient (Wildman–Crippen LogP) is 2.51. The van der Waals surface area contributed by atoms with Crippen LogP contribution in [0.4, 0.5) is 4.39 Å². The van der Waals surface area contributed by atoms with E-state index in [0.29, 0.717) is 11.9 Å². The van der Waals surface area contributed by atoms with Crippen LogP contribution in [0, 0.1) is 5.82 Å². The van der Waals surface area contributed by atoms with Gasteiger partial charge in [0.05, 0.1) is 11.0 Å². The van der Waals surface area contributed by atoms with Crippen molar-refractivity contribution in [3.8, 4) is 0 Å². The summed E-state index contributed by atoms with van der Waals surface area (Å²) < 4.78 is 15.2. The molecule has 1 aromatic heterocycles. The van der Waals surface area contributed by atoms with Crippen molar-refractivity contribution in [2.75, 3.05) is 6.61 Å². The van der Waals surface area contributed by atoms with Crippen LogP contribution in [0.5, 0.6) is 0 Å². The highest BCUT2D eigenvalue weighted by Gasteiger charge is 2.10. The average Bonchev–Trinajstić information content (AvgIpc) is 2.64. The second kappa shape index (κ2) is 5.27. The van der Waals surface area contributed by atoms with Crippen molar-refractivity contribution >= 4 is 11.0 Å². The number of halogens is 1. The summed E-state index contributed by atoms with van der Waals surface area (Å²) in [5.74, 6) is 0.675. The molecule has 0 aliphatic heterocycles. The van der Waals surface area contributed by atoms with Gasteiger partial charge < -0.3 is 9.67 Å². The van der Waals surface area contributed by atoms with E-state index >= 15 is 0 Å². The van der Waals surface area contributed by atoms with E-state index in [1.54, 1.807) is 6.07 Å². The maximum Gasteiger partial charge on any atom is 0.125 e. The number of aliphatic hydroxyl groups excluding tert-OH is 1. The van der Waals surface area contributed by atoms with Crippen molar-refractivity contribution in [2.45, 2.75) is 32.7 Å². The third-order valence-electron chi connectivity index (χ3n) is 2.80. The number of nitrogens with zero attached hydrogens (tertiary/aromatic N) is 2. The number of hydrogen-bond donors (Lipinski definition) is 1. The molecule has 0 unspecified atom stereocenters. The van der Waals surface area contributed by atoms with Crippen molar-refractivity contribution in [3.05, 3.63) is 29.8 Å². The summed E-state index contributed by atoms with van der Waals surface area (Å²) in [6.45, 7) is 3.14. The topological polar surface area (TPSA) is 38.0 Å². The van der Waals surface area contributed by atoms with Crippen LogP contribution in [0.25, 0.3) is 11.0 Å². The Balaban J connectivity index is 2.45. The molecule has 0 aliphatic carbocycles. The number of hydrogen-bond acceptors (Lipinski definition) is 2. The molecular formula is C13H17FN2O. The maximum absolute atomic E-state index is 13.1. The summed E-state index contributed by atoms with van der Waals surface area (Å²) in [7, 11) is 0. The van der Waals surface area contributed by atoms with Gasteiger partial charge in [0.1, 0.15) is 11.6 Å². The monoisotopic (exact) mass is 236 g/mol. The summed E-state index contributed by atoms with van der Waals surface area (Å²) in [6, 6.07) is 4.70. The minimum absolute atomic E-state index is 0.156. The molecule has 4 heteroatoms. The zero-order valence-electron chi connectivity index (χ0n) is 9.99. The molecule has 2 rings (SSSR count). The minimum atomic E-state index is -0.257. The largest absolute Gasteiger partial charge is 0.396 e. The Kier molecular flexibility index (Phi) is 3.74. The summed E-state index contributed by atoms with van der Waals surface area (Å²) in [5.41, 5.74) is 1.67. The molecule has 1 aromatic carbocycles. The predicted molar refractivity (Wildman–Crippen MR) is 65.4 cm³/mol. The Hall–Kier alpha value is -1.42. The Morgan fingerprint density at radius 3 is 2.94 bits per heavy atom. The molecule has 1 N–H and O–H groups in total. The van der Waals surface area contributed by atoms with Gasteiger partial charge in [0.2, 0.25) is 0 Å².